The third kappa shape index (κ3) is 6.52. The number of carbonyl (C=O) groups excluding carboxylic acids is 1. The fraction of sp³-hybridized carbons (Fsp3) is 0.261. The molecule has 0 aliphatic heterocycles. The summed E-state index contributed by atoms with van der Waals surface area (Å²) in [5.74, 6) is 0.210. The number of carbonyl (C=O) groups is 1. The van der Waals surface area contributed by atoms with Crippen molar-refractivity contribution in [3.63, 3.8) is 0 Å². The van der Waals surface area contributed by atoms with Gasteiger partial charge in [-0.1, -0.05) is 36.4 Å². The smallest absolute Gasteiger partial charge is 0.251 e. The fourth-order valence-electron chi connectivity index (χ4n) is 3.11. The van der Waals surface area contributed by atoms with Crippen molar-refractivity contribution < 1.29 is 17.6 Å². The Balaban J connectivity index is 1.58. The van der Waals surface area contributed by atoms with Crippen molar-refractivity contribution in [2.75, 3.05) is 20.1 Å². The average Bonchev–Trinajstić information content (AvgIpc) is 3.27. The minimum atomic E-state index is -3.78. The van der Waals surface area contributed by atoms with Gasteiger partial charge in [-0.05, 0) is 49.4 Å². The van der Waals surface area contributed by atoms with E-state index in [1.165, 1.54) is 24.0 Å². The van der Waals surface area contributed by atoms with Crippen LogP contribution in [0.4, 0.5) is 0 Å². The van der Waals surface area contributed by atoms with Gasteiger partial charge >= 0.3 is 0 Å². The van der Waals surface area contributed by atoms with Crippen molar-refractivity contribution in [3.05, 3.63) is 89.4 Å². The Morgan fingerprint density at radius 1 is 1.06 bits per heavy atom. The largest absolute Gasteiger partial charge is 0.468 e. The molecule has 2 aromatic carbocycles. The summed E-state index contributed by atoms with van der Waals surface area (Å²) in [7, 11) is -1.79. The summed E-state index contributed by atoms with van der Waals surface area (Å²) < 4.78 is 32.8. The number of benzene rings is 2. The number of hydrogen-bond acceptors (Lipinski definition) is 5. The molecule has 0 aliphatic carbocycles. The molecule has 0 saturated carbocycles. The normalized spacial score (nSPS) is 11.6. The number of likely N-dealkylation sites (N-methyl/N-ethyl adjacent to an activating group) is 1. The van der Waals surface area contributed by atoms with Crippen LogP contribution in [0.15, 0.2) is 76.2 Å². The minimum absolute atomic E-state index is 0.0380. The van der Waals surface area contributed by atoms with Crippen LogP contribution >= 0.6 is 0 Å². The van der Waals surface area contributed by atoms with Gasteiger partial charge in [0.05, 0.1) is 17.7 Å². The van der Waals surface area contributed by atoms with Crippen LogP contribution in [0.3, 0.4) is 0 Å². The van der Waals surface area contributed by atoms with Gasteiger partial charge in [0.25, 0.3) is 5.91 Å². The zero-order valence-corrected chi connectivity index (χ0v) is 18.5. The van der Waals surface area contributed by atoms with Crippen molar-refractivity contribution in [1.29, 1.82) is 0 Å². The lowest BCUT2D eigenvalue weighted by Gasteiger charge is -2.17. The third-order valence-electron chi connectivity index (χ3n) is 4.85. The van der Waals surface area contributed by atoms with Crippen LogP contribution in [0.1, 0.15) is 27.2 Å². The van der Waals surface area contributed by atoms with E-state index < -0.39 is 10.0 Å². The van der Waals surface area contributed by atoms with E-state index in [1.54, 1.807) is 25.1 Å². The molecule has 3 rings (SSSR count). The topological polar surface area (TPSA) is 91.6 Å². The second-order valence-corrected chi connectivity index (χ2v) is 9.13. The lowest BCUT2D eigenvalue weighted by atomic mass is 10.1. The van der Waals surface area contributed by atoms with Crippen LogP contribution in [-0.2, 0) is 23.1 Å². The number of aryl methyl sites for hydroxylation is 1. The molecule has 1 aromatic heterocycles. The van der Waals surface area contributed by atoms with Crippen LogP contribution in [0.5, 0.6) is 0 Å². The van der Waals surface area contributed by atoms with Gasteiger partial charge < -0.3 is 14.6 Å². The molecule has 164 valence electrons. The number of rotatable bonds is 10. The number of nitrogens with one attached hydrogen (secondary N) is 2. The number of furan rings is 1. The van der Waals surface area contributed by atoms with Gasteiger partial charge in [-0.15, -0.1) is 0 Å². The minimum Gasteiger partial charge on any atom is -0.468 e. The maximum absolute atomic E-state index is 12.7. The van der Waals surface area contributed by atoms with Crippen molar-refractivity contribution in [1.82, 2.24) is 14.9 Å². The Hall–Kier alpha value is -2.94. The molecule has 0 atom stereocenters. The highest BCUT2D eigenvalue weighted by Gasteiger charge is 2.18. The molecule has 31 heavy (non-hydrogen) atoms. The Bertz CT molecular complexity index is 1100. The zero-order chi connectivity index (χ0) is 22.3. The highest BCUT2D eigenvalue weighted by molar-refractivity contribution is 7.89. The van der Waals surface area contributed by atoms with E-state index in [0.717, 1.165) is 6.54 Å². The van der Waals surface area contributed by atoms with E-state index in [9.17, 15) is 13.2 Å². The van der Waals surface area contributed by atoms with Gasteiger partial charge in [0.1, 0.15) is 5.76 Å². The molecule has 1 heterocycles. The van der Waals surface area contributed by atoms with E-state index in [2.05, 4.69) is 27.1 Å². The van der Waals surface area contributed by atoms with E-state index in [1.807, 2.05) is 25.2 Å². The quantitative estimate of drug-likeness (QED) is 0.505. The predicted molar refractivity (Wildman–Crippen MR) is 119 cm³/mol. The van der Waals surface area contributed by atoms with Crippen LogP contribution in [0, 0.1) is 6.92 Å². The second-order valence-electron chi connectivity index (χ2n) is 7.36. The van der Waals surface area contributed by atoms with Gasteiger partial charge in [0.15, 0.2) is 0 Å². The maximum atomic E-state index is 12.7. The highest BCUT2D eigenvalue weighted by Crippen LogP contribution is 2.16. The summed E-state index contributed by atoms with van der Waals surface area (Å²) in [6.07, 6.45) is 1.48. The molecule has 0 bridgehead atoms. The first kappa shape index (κ1) is 22.7. The summed E-state index contributed by atoms with van der Waals surface area (Å²) in [5, 5.41) is 2.88. The highest BCUT2D eigenvalue weighted by atomic mass is 32.2. The monoisotopic (exact) mass is 441 g/mol. The molecular weight excluding hydrogens is 414 g/mol. The van der Waals surface area contributed by atoms with Crippen molar-refractivity contribution >= 4 is 15.9 Å². The molecule has 0 aliphatic rings. The first-order valence-corrected chi connectivity index (χ1v) is 11.5. The zero-order valence-electron chi connectivity index (χ0n) is 17.7. The van der Waals surface area contributed by atoms with E-state index in [0.29, 0.717) is 30.0 Å². The molecule has 1 amide bonds. The first-order chi connectivity index (χ1) is 14.8. The summed E-state index contributed by atoms with van der Waals surface area (Å²) in [5.41, 5.74) is 2.25. The standard InChI is InChI=1S/C23H27N3O4S/c1-18-10-11-21(31(28,29)25-16-20-9-6-14-30-20)15-22(18)23(27)24-12-13-26(2)17-19-7-4-3-5-8-19/h3-11,14-15,25H,12-13,16-17H2,1-2H3,(H,24,27). The van der Waals surface area contributed by atoms with Crippen LogP contribution in [0.2, 0.25) is 0 Å². The van der Waals surface area contributed by atoms with Gasteiger partial charge in [0.2, 0.25) is 10.0 Å². The Morgan fingerprint density at radius 3 is 2.55 bits per heavy atom. The van der Waals surface area contributed by atoms with E-state index in [4.69, 9.17) is 4.42 Å². The number of nitrogens with zero attached hydrogens (tertiary/aromatic N) is 1. The van der Waals surface area contributed by atoms with E-state index in [-0.39, 0.29) is 17.3 Å². The van der Waals surface area contributed by atoms with Gasteiger partial charge in [0, 0.05) is 25.2 Å². The average molecular weight is 442 g/mol. The molecule has 2 N–H and O–H groups in total. The van der Waals surface area contributed by atoms with Crippen LogP contribution in [-0.4, -0.2) is 39.4 Å². The Labute approximate surface area is 183 Å². The fourth-order valence-corrected chi connectivity index (χ4v) is 4.12. The van der Waals surface area contributed by atoms with Crippen molar-refractivity contribution in [2.45, 2.75) is 24.9 Å². The molecule has 0 spiro atoms. The third-order valence-corrected chi connectivity index (χ3v) is 6.25. The Kier molecular flexibility index (Phi) is 7.62. The summed E-state index contributed by atoms with van der Waals surface area (Å²) in [6.45, 7) is 3.73. The first-order valence-electron chi connectivity index (χ1n) is 9.98. The van der Waals surface area contributed by atoms with Gasteiger partial charge in [-0.2, -0.15) is 0 Å². The lowest BCUT2D eigenvalue weighted by molar-refractivity contribution is 0.0949. The molecule has 0 unspecified atom stereocenters. The molecule has 7 nitrogen and oxygen atoms in total. The van der Waals surface area contributed by atoms with Gasteiger partial charge in [-0.3, -0.25) is 4.79 Å². The molecule has 0 radical (unpaired) electrons. The number of sulfonamides is 1. The number of hydrogen-bond donors (Lipinski definition) is 2. The lowest BCUT2D eigenvalue weighted by Crippen LogP contribution is -2.33. The number of amides is 1. The van der Waals surface area contributed by atoms with Crippen LogP contribution < -0.4 is 10.0 Å². The van der Waals surface area contributed by atoms with Crippen molar-refractivity contribution in [3.8, 4) is 0 Å². The SMILES string of the molecule is Cc1ccc(S(=O)(=O)NCc2ccco2)cc1C(=O)NCCN(C)Cc1ccccc1. The summed E-state index contributed by atoms with van der Waals surface area (Å²) in [4.78, 5) is 14.8. The summed E-state index contributed by atoms with van der Waals surface area (Å²) >= 11 is 0. The van der Waals surface area contributed by atoms with E-state index >= 15 is 0 Å². The van der Waals surface area contributed by atoms with Crippen molar-refractivity contribution in [2.24, 2.45) is 0 Å². The second kappa shape index (κ2) is 10.4. The maximum Gasteiger partial charge on any atom is 0.251 e. The Morgan fingerprint density at radius 2 is 1.84 bits per heavy atom. The van der Waals surface area contributed by atoms with Gasteiger partial charge in [-0.25, -0.2) is 13.1 Å². The molecule has 3 aromatic rings. The molecule has 8 heteroatoms. The summed E-state index contributed by atoms with van der Waals surface area (Å²) in [6, 6.07) is 18.0. The molecule has 0 saturated heterocycles. The predicted octanol–water partition coefficient (Wildman–Crippen LogP) is 2.93. The molecular formula is C23H27N3O4S. The molecule has 0 fully saturated rings. The van der Waals surface area contributed by atoms with Crippen LogP contribution in [0.25, 0.3) is 0 Å².